The number of nitrogens with one attached hydrogen (secondary N) is 2. The van der Waals surface area contributed by atoms with Gasteiger partial charge in [-0.25, -0.2) is 14.8 Å². The van der Waals surface area contributed by atoms with Gasteiger partial charge in [-0.1, -0.05) is 23.7 Å². The van der Waals surface area contributed by atoms with Crippen LogP contribution < -0.4 is 10.6 Å². The number of hydrogen-bond acceptors (Lipinski definition) is 3. The topological polar surface area (TPSA) is 66.9 Å². The minimum absolute atomic E-state index is 0.250. The second-order valence-corrected chi connectivity index (χ2v) is 3.99. The lowest BCUT2D eigenvalue weighted by Crippen LogP contribution is -2.24. The van der Waals surface area contributed by atoms with Crippen LogP contribution in [0.15, 0.2) is 48.9 Å². The van der Waals surface area contributed by atoms with Crippen LogP contribution in [0.3, 0.4) is 0 Å². The maximum Gasteiger partial charge on any atom is 0.325 e. The van der Waals surface area contributed by atoms with Gasteiger partial charge in [-0.2, -0.15) is 0 Å². The monoisotopic (exact) mass is 274 g/mol. The highest BCUT2D eigenvalue weighted by Crippen LogP contribution is 2.10. The summed E-state index contributed by atoms with van der Waals surface area (Å²) >= 11 is 5.77. The van der Waals surface area contributed by atoms with E-state index in [2.05, 4.69) is 20.6 Å². The Kier molecular flexibility index (Phi) is 4.47. The zero-order valence-corrected chi connectivity index (χ0v) is 10.6. The second-order valence-electron chi connectivity index (χ2n) is 3.56. The number of carbonyl (C=O) groups excluding carboxylic acids is 1. The molecule has 2 rings (SSSR count). The van der Waals surface area contributed by atoms with E-state index in [4.69, 9.17) is 11.6 Å². The molecule has 0 radical (unpaired) electrons. The van der Waals surface area contributed by atoms with Crippen molar-refractivity contribution in [3.05, 3.63) is 59.5 Å². The number of amides is 2. The van der Waals surface area contributed by atoms with Crippen LogP contribution in [-0.4, -0.2) is 16.0 Å². The van der Waals surface area contributed by atoms with Gasteiger partial charge in [0.25, 0.3) is 0 Å². The van der Waals surface area contributed by atoms with Crippen molar-refractivity contribution in [2.75, 3.05) is 5.32 Å². The van der Waals surface area contributed by atoms with Gasteiger partial charge < -0.3 is 5.32 Å². The van der Waals surface area contributed by atoms with E-state index in [0.717, 1.165) is 5.56 Å². The van der Waals surface area contributed by atoms with Crippen molar-refractivity contribution in [1.82, 2.24) is 15.3 Å². The molecule has 0 saturated carbocycles. The van der Waals surface area contributed by atoms with E-state index in [0.29, 0.717) is 5.02 Å². The molecular weight excluding hydrogens is 264 g/mol. The molecule has 2 aromatic rings. The molecule has 0 aliphatic carbocycles. The van der Waals surface area contributed by atoms with E-state index in [1.165, 1.54) is 6.20 Å². The van der Waals surface area contributed by atoms with Crippen LogP contribution in [0.4, 0.5) is 10.7 Å². The zero-order valence-electron chi connectivity index (χ0n) is 9.88. The molecule has 2 amide bonds. The number of rotatable bonds is 3. The van der Waals surface area contributed by atoms with E-state index in [-0.39, 0.29) is 5.95 Å². The number of hydrogen-bond donors (Lipinski definition) is 2. The van der Waals surface area contributed by atoms with Crippen molar-refractivity contribution in [3.63, 3.8) is 0 Å². The molecule has 96 valence electrons. The third-order valence-corrected chi connectivity index (χ3v) is 2.40. The molecule has 0 fully saturated rings. The largest absolute Gasteiger partial charge is 0.325 e. The highest BCUT2D eigenvalue weighted by atomic mass is 35.5. The molecule has 1 heterocycles. The first-order valence-electron chi connectivity index (χ1n) is 5.51. The first-order chi connectivity index (χ1) is 9.24. The molecule has 0 saturated heterocycles. The molecule has 1 aromatic heterocycles. The van der Waals surface area contributed by atoms with Crippen LogP contribution in [0.25, 0.3) is 6.08 Å². The van der Waals surface area contributed by atoms with Crippen molar-refractivity contribution in [1.29, 1.82) is 0 Å². The Morgan fingerprint density at radius 1 is 1.16 bits per heavy atom. The van der Waals surface area contributed by atoms with E-state index in [1.807, 2.05) is 12.1 Å². The highest BCUT2D eigenvalue weighted by Gasteiger charge is 1.99. The van der Waals surface area contributed by atoms with Gasteiger partial charge in [-0.3, -0.25) is 5.32 Å². The Labute approximate surface area is 115 Å². The summed E-state index contributed by atoms with van der Waals surface area (Å²) < 4.78 is 0. The summed E-state index contributed by atoms with van der Waals surface area (Å²) in [6.45, 7) is 0. The van der Waals surface area contributed by atoms with E-state index in [1.54, 1.807) is 36.7 Å². The fourth-order valence-corrected chi connectivity index (χ4v) is 1.41. The Bertz CT molecular complexity index is 569. The van der Waals surface area contributed by atoms with Gasteiger partial charge in [-0.15, -0.1) is 0 Å². The lowest BCUT2D eigenvalue weighted by molar-refractivity contribution is 0.255. The molecule has 6 heteroatoms. The summed E-state index contributed by atoms with van der Waals surface area (Å²) in [6.07, 6.45) is 6.38. The third kappa shape index (κ3) is 4.40. The molecule has 0 unspecified atom stereocenters. The Hall–Kier alpha value is -2.40. The number of anilines is 1. The predicted molar refractivity (Wildman–Crippen MR) is 74.7 cm³/mol. The van der Waals surface area contributed by atoms with Gasteiger partial charge in [0.1, 0.15) is 0 Å². The molecule has 0 atom stereocenters. The standard InChI is InChI=1S/C13H11ClN4O/c14-11-4-2-10(3-5-11)6-9-17-13(19)18-12-15-7-1-8-16-12/h1-9H,(H2,15,16,17,18,19)/b9-6+. The van der Waals surface area contributed by atoms with E-state index >= 15 is 0 Å². The lowest BCUT2D eigenvalue weighted by Gasteiger charge is -2.01. The van der Waals surface area contributed by atoms with Crippen LogP contribution in [0, 0.1) is 0 Å². The van der Waals surface area contributed by atoms with Gasteiger partial charge in [-0.05, 0) is 29.8 Å². The van der Waals surface area contributed by atoms with Gasteiger partial charge in [0, 0.05) is 23.6 Å². The Morgan fingerprint density at radius 3 is 2.53 bits per heavy atom. The Morgan fingerprint density at radius 2 is 1.84 bits per heavy atom. The summed E-state index contributed by atoms with van der Waals surface area (Å²) in [4.78, 5) is 19.2. The SMILES string of the molecule is O=C(N/C=C/c1ccc(Cl)cc1)Nc1ncccn1. The van der Waals surface area contributed by atoms with Crippen molar-refractivity contribution in [3.8, 4) is 0 Å². The molecule has 0 aliphatic rings. The summed E-state index contributed by atoms with van der Waals surface area (Å²) in [5, 5.41) is 5.71. The average molecular weight is 275 g/mol. The molecule has 5 nitrogen and oxygen atoms in total. The van der Waals surface area contributed by atoms with Crippen LogP contribution in [0.1, 0.15) is 5.56 Å². The number of benzene rings is 1. The maximum absolute atomic E-state index is 11.5. The predicted octanol–water partition coefficient (Wildman–Crippen LogP) is 2.92. The molecule has 0 bridgehead atoms. The molecule has 0 spiro atoms. The Balaban J connectivity index is 1.85. The van der Waals surface area contributed by atoms with E-state index < -0.39 is 6.03 Å². The molecule has 2 N–H and O–H groups in total. The van der Waals surface area contributed by atoms with Gasteiger partial charge in [0.15, 0.2) is 0 Å². The van der Waals surface area contributed by atoms with Crippen molar-refractivity contribution < 1.29 is 4.79 Å². The number of aromatic nitrogens is 2. The summed E-state index contributed by atoms with van der Waals surface area (Å²) in [5.41, 5.74) is 0.931. The molecule has 1 aromatic carbocycles. The normalized spacial score (nSPS) is 10.4. The number of halogens is 1. The maximum atomic E-state index is 11.5. The smallest absolute Gasteiger partial charge is 0.314 e. The van der Waals surface area contributed by atoms with Crippen molar-refractivity contribution in [2.24, 2.45) is 0 Å². The number of nitrogens with zero attached hydrogens (tertiary/aromatic N) is 2. The molecular formula is C13H11ClN4O. The van der Waals surface area contributed by atoms with Gasteiger partial charge >= 0.3 is 6.03 Å². The summed E-state index contributed by atoms with van der Waals surface area (Å²) in [5.74, 6) is 0.250. The van der Waals surface area contributed by atoms with Crippen LogP contribution >= 0.6 is 11.6 Å². The van der Waals surface area contributed by atoms with Crippen LogP contribution in [0.2, 0.25) is 5.02 Å². The third-order valence-electron chi connectivity index (χ3n) is 2.15. The van der Waals surface area contributed by atoms with Crippen molar-refractivity contribution >= 4 is 29.7 Å². The summed E-state index contributed by atoms with van der Waals surface area (Å²) in [7, 11) is 0. The zero-order chi connectivity index (χ0) is 13.5. The second kappa shape index (κ2) is 6.51. The van der Waals surface area contributed by atoms with Gasteiger partial charge in [0.05, 0.1) is 0 Å². The highest BCUT2D eigenvalue weighted by molar-refractivity contribution is 6.30. The summed E-state index contributed by atoms with van der Waals surface area (Å²) in [6, 6.07) is 8.51. The van der Waals surface area contributed by atoms with Crippen LogP contribution in [0.5, 0.6) is 0 Å². The van der Waals surface area contributed by atoms with Gasteiger partial charge in [0.2, 0.25) is 5.95 Å². The number of urea groups is 1. The number of carbonyl (C=O) groups is 1. The van der Waals surface area contributed by atoms with E-state index in [9.17, 15) is 4.79 Å². The lowest BCUT2D eigenvalue weighted by atomic mass is 10.2. The first-order valence-corrected chi connectivity index (χ1v) is 5.88. The fourth-order valence-electron chi connectivity index (χ4n) is 1.29. The quantitative estimate of drug-likeness (QED) is 0.904. The molecule has 19 heavy (non-hydrogen) atoms. The minimum Gasteiger partial charge on any atom is -0.314 e. The van der Waals surface area contributed by atoms with Crippen molar-refractivity contribution in [2.45, 2.75) is 0 Å². The first kappa shape index (κ1) is 13.0. The molecule has 0 aliphatic heterocycles. The fraction of sp³-hybridized carbons (Fsp3) is 0. The minimum atomic E-state index is -0.406. The van der Waals surface area contributed by atoms with Crippen LogP contribution in [-0.2, 0) is 0 Å². The average Bonchev–Trinajstić information content (AvgIpc) is 2.42.